The molecule has 0 heterocycles. The lowest BCUT2D eigenvalue weighted by molar-refractivity contribution is 0.347. The van der Waals surface area contributed by atoms with Crippen molar-refractivity contribution in [3.8, 4) is 0 Å². The SMILES string of the molecule is CC(C)(C)C(Nc1ccc(S(C)(=O)=O)cc1S(C)(=O)=O)c1ccccc1. The predicted octanol–water partition coefficient (Wildman–Crippen LogP) is 3.69. The van der Waals surface area contributed by atoms with Crippen LogP contribution in [-0.4, -0.2) is 29.3 Å². The van der Waals surface area contributed by atoms with Gasteiger partial charge in [0.15, 0.2) is 19.7 Å². The zero-order chi connectivity index (χ0) is 19.8. The van der Waals surface area contributed by atoms with Gasteiger partial charge in [0.2, 0.25) is 0 Å². The maximum absolute atomic E-state index is 12.3. The standard InChI is InChI=1S/C19H25NO4S2/c1-19(2,3)18(14-9-7-6-8-10-14)20-16-12-11-15(25(4,21)22)13-17(16)26(5,23)24/h6-13,18,20H,1-5H3. The molecule has 5 nitrogen and oxygen atoms in total. The van der Waals surface area contributed by atoms with Crippen LogP contribution in [0.15, 0.2) is 58.3 Å². The maximum Gasteiger partial charge on any atom is 0.177 e. The fraction of sp³-hybridized carbons (Fsp3) is 0.368. The molecule has 0 fully saturated rings. The molecule has 26 heavy (non-hydrogen) atoms. The molecule has 142 valence electrons. The highest BCUT2D eigenvalue weighted by molar-refractivity contribution is 7.91. The Hall–Kier alpha value is -1.86. The van der Waals surface area contributed by atoms with Crippen LogP contribution in [0.1, 0.15) is 32.4 Å². The quantitative estimate of drug-likeness (QED) is 0.835. The zero-order valence-electron chi connectivity index (χ0n) is 15.6. The molecule has 0 aromatic heterocycles. The minimum Gasteiger partial charge on any atom is -0.377 e. The Morgan fingerprint density at radius 2 is 1.42 bits per heavy atom. The molecule has 0 aliphatic rings. The normalized spacial score (nSPS) is 14.0. The van der Waals surface area contributed by atoms with Crippen LogP contribution in [0.5, 0.6) is 0 Å². The molecule has 0 aliphatic heterocycles. The van der Waals surface area contributed by atoms with E-state index in [1.807, 2.05) is 30.3 Å². The molecular weight excluding hydrogens is 370 g/mol. The molecule has 1 atom stereocenters. The first-order valence-corrected chi connectivity index (χ1v) is 11.9. The van der Waals surface area contributed by atoms with E-state index in [0.29, 0.717) is 5.69 Å². The monoisotopic (exact) mass is 395 g/mol. The van der Waals surface area contributed by atoms with Gasteiger partial charge in [0.25, 0.3) is 0 Å². The summed E-state index contributed by atoms with van der Waals surface area (Å²) < 4.78 is 48.2. The molecule has 1 N–H and O–H groups in total. The second-order valence-corrected chi connectivity index (χ2v) is 11.6. The minimum atomic E-state index is -3.62. The third-order valence-electron chi connectivity index (χ3n) is 4.08. The first kappa shape index (κ1) is 20.5. The van der Waals surface area contributed by atoms with Crippen molar-refractivity contribution in [2.45, 2.75) is 36.6 Å². The van der Waals surface area contributed by atoms with Gasteiger partial charge in [-0.2, -0.15) is 0 Å². The predicted molar refractivity (Wildman–Crippen MR) is 105 cm³/mol. The van der Waals surface area contributed by atoms with Crippen LogP contribution >= 0.6 is 0 Å². The van der Waals surface area contributed by atoms with E-state index in [1.54, 1.807) is 0 Å². The lowest BCUT2D eigenvalue weighted by Crippen LogP contribution is -2.26. The second kappa shape index (κ2) is 7.04. The van der Waals surface area contributed by atoms with Gasteiger partial charge in [0.05, 0.1) is 21.5 Å². The average molecular weight is 396 g/mol. The third kappa shape index (κ3) is 4.86. The van der Waals surface area contributed by atoms with Gasteiger partial charge in [-0.05, 0) is 29.2 Å². The van der Waals surface area contributed by atoms with Crippen LogP contribution in [0, 0.1) is 5.41 Å². The highest BCUT2D eigenvalue weighted by atomic mass is 32.2. The first-order valence-electron chi connectivity index (χ1n) is 8.16. The molecule has 0 saturated heterocycles. The topological polar surface area (TPSA) is 80.3 Å². The third-order valence-corrected chi connectivity index (χ3v) is 6.33. The second-order valence-electron chi connectivity index (χ2n) is 7.56. The Balaban J connectivity index is 2.60. The van der Waals surface area contributed by atoms with Gasteiger partial charge in [-0.25, -0.2) is 16.8 Å². The molecular formula is C19H25NO4S2. The van der Waals surface area contributed by atoms with Crippen molar-refractivity contribution in [2.75, 3.05) is 17.8 Å². The fourth-order valence-electron chi connectivity index (χ4n) is 2.76. The van der Waals surface area contributed by atoms with Crippen LogP contribution in [0.3, 0.4) is 0 Å². The van der Waals surface area contributed by atoms with E-state index in [9.17, 15) is 16.8 Å². The number of benzene rings is 2. The van der Waals surface area contributed by atoms with E-state index < -0.39 is 19.7 Å². The molecule has 0 amide bonds. The molecule has 0 bridgehead atoms. The Morgan fingerprint density at radius 3 is 1.88 bits per heavy atom. The van der Waals surface area contributed by atoms with E-state index in [1.165, 1.54) is 18.2 Å². The van der Waals surface area contributed by atoms with Crippen molar-refractivity contribution in [3.05, 3.63) is 54.1 Å². The molecule has 2 aromatic rings. The summed E-state index contributed by atoms with van der Waals surface area (Å²) in [5, 5.41) is 3.32. The molecule has 0 radical (unpaired) electrons. The Bertz CT molecular complexity index is 990. The molecule has 0 saturated carbocycles. The number of hydrogen-bond acceptors (Lipinski definition) is 5. The van der Waals surface area contributed by atoms with E-state index in [2.05, 4.69) is 26.1 Å². The smallest absolute Gasteiger partial charge is 0.177 e. The largest absolute Gasteiger partial charge is 0.377 e. The van der Waals surface area contributed by atoms with Crippen molar-refractivity contribution in [1.29, 1.82) is 0 Å². The molecule has 2 rings (SSSR count). The number of anilines is 1. The van der Waals surface area contributed by atoms with Crippen LogP contribution in [0.2, 0.25) is 0 Å². The van der Waals surface area contributed by atoms with Crippen LogP contribution in [0.25, 0.3) is 0 Å². The summed E-state index contributed by atoms with van der Waals surface area (Å²) in [5.41, 5.74) is 1.21. The summed E-state index contributed by atoms with van der Waals surface area (Å²) in [4.78, 5) is -0.0406. The summed E-state index contributed by atoms with van der Waals surface area (Å²) >= 11 is 0. The Kier molecular flexibility index (Phi) is 5.54. The number of rotatable bonds is 5. The first-order chi connectivity index (χ1) is 11.8. The lowest BCUT2D eigenvalue weighted by atomic mass is 9.82. The van der Waals surface area contributed by atoms with Gasteiger partial charge in [-0.15, -0.1) is 0 Å². The molecule has 0 spiro atoms. The van der Waals surface area contributed by atoms with Crippen molar-refractivity contribution in [2.24, 2.45) is 5.41 Å². The van der Waals surface area contributed by atoms with Crippen LogP contribution in [-0.2, 0) is 19.7 Å². The van der Waals surface area contributed by atoms with Crippen molar-refractivity contribution >= 4 is 25.4 Å². The minimum absolute atomic E-state index is 0.0181. The summed E-state index contributed by atoms with van der Waals surface area (Å²) in [6.07, 6.45) is 2.14. The van der Waals surface area contributed by atoms with Crippen LogP contribution in [0.4, 0.5) is 5.69 Å². The van der Waals surface area contributed by atoms with E-state index >= 15 is 0 Å². The molecule has 2 aromatic carbocycles. The number of nitrogens with one attached hydrogen (secondary N) is 1. The zero-order valence-corrected chi connectivity index (χ0v) is 17.3. The van der Waals surface area contributed by atoms with Crippen LogP contribution < -0.4 is 5.32 Å². The van der Waals surface area contributed by atoms with Gasteiger partial charge >= 0.3 is 0 Å². The van der Waals surface area contributed by atoms with Crippen molar-refractivity contribution < 1.29 is 16.8 Å². The van der Waals surface area contributed by atoms with E-state index in [0.717, 1.165) is 18.1 Å². The highest BCUT2D eigenvalue weighted by Crippen LogP contribution is 2.37. The van der Waals surface area contributed by atoms with E-state index in [-0.39, 0.29) is 21.2 Å². The summed E-state index contributed by atoms with van der Waals surface area (Å²) in [5.74, 6) is 0. The van der Waals surface area contributed by atoms with Gasteiger partial charge in [-0.1, -0.05) is 51.1 Å². The maximum atomic E-state index is 12.3. The van der Waals surface area contributed by atoms with Gasteiger partial charge in [0.1, 0.15) is 0 Å². The summed E-state index contributed by atoms with van der Waals surface area (Å²) in [6.45, 7) is 6.17. The molecule has 1 unspecified atom stereocenters. The van der Waals surface area contributed by atoms with Gasteiger partial charge in [-0.3, -0.25) is 0 Å². The van der Waals surface area contributed by atoms with Gasteiger partial charge < -0.3 is 5.32 Å². The van der Waals surface area contributed by atoms with Crippen molar-refractivity contribution in [3.63, 3.8) is 0 Å². The van der Waals surface area contributed by atoms with E-state index in [4.69, 9.17) is 0 Å². The lowest BCUT2D eigenvalue weighted by Gasteiger charge is -2.33. The van der Waals surface area contributed by atoms with Crippen molar-refractivity contribution in [1.82, 2.24) is 0 Å². The molecule has 0 aliphatic carbocycles. The average Bonchev–Trinajstić information content (AvgIpc) is 2.50. The molecule has 7 heteroatoms. The number of sulfone groups is 2. The summed E-state index contributed by atoms with van der Waals surface area (Å²) in [7, 11) is -7.12. The Labute approximate surface area is 156 Å². The highest BCUT2D eigenvalue weighted by Gasteiger charge is 2.28. The fourth-order valence-corrected chi connectivity index (χ4v) is 4.35. The summed E-state index contributed by atoms with van der Waals surface area (Å²) in [6, 6.07) is 13.8. The number of hydrogen-bond donors (Lipinski definition) is 1. The Morgan fingerprint density at radius 1 is 0.846 bits per heavy atom. The van der Waals surface area contributed by atoms with Gasteiger partial charge in [0, 0.05) is 12.5 Å².